The van der Waals surface area contributed by atoms with Crippen molar-refractivity contribution in [3.8, 4) is 5.75 Å². The molecule has 2 amide bonds. The molecule has 3 heterocycles. The van der Waals surface area contributed by atoms with E-state index in [9.17, 15) is 9.59 Å². The van der Waals surface area contributed by atoms with E-state index >= 15 is 0 Å². The normalized spacial score (nSPS) is 26.6. The predicted molar refractivity (Wildman–Crippen MR) is 134 cm³/mol. The molecule has 1 saturated carbocycles. The molecule has 1 aromatic carbocycles. The topological polar surface area (TPSA) is 76.7 Å². The molecule has 7 nitrogen and oxygen atoms in total. The van der Waals surface area contributed by atoms with Gasteiger partial charge in [-0.1, -0.05) is 38.8 Å². The van der Waals surface area contributed by atoms with Crippen molar-refractivity contribution < 1.29 is 18.7 Å². The van der Waals surface area contributed by atoms with E-state index in [2.05, 4.69) is 19.2 Å². The molecule has 2 aliphatic rings. The van der Waals surface area contributed by atoms with E-state index in [0.717, 1.165) is 29.7 Å². The van der Waals surface area contributed by atoms with E-state index in [1.807, 2.05) is 48.7 Å². The molecule has 0 bridgehead atoms. The number of hydrogen-bond acceptors (Lipinski definition) is 4. The first-order valence-electron chi connectivity index (χ1n) is 12.7. The van der Waals surface area contributed by atoms with Crippen LogP contribution in [-0.4, -0.2) is 39.5 Å². The number of furan rings is 1. The Hall–Kier alpha value is -3.22. The van der Waals surface area contributed by atoms with Crippen molar-refractivity contribution in [2.75, 3.05) is 6.61 Å². The van der Waals surface area contributed by atoms with Gasteiger partial charge in [0.1, 0.15) is 17.0 Å². The summed E-state index contributed by atoms with van der Waals surface area (Å²) >= 11 is 0. The maximum atomic E-state index is 14.0. The van der Waals surface area contributed by atoms with Crippen LogP contribution in [0.3, 0.4) is 0 Å². The Bertz CT molecular complexity index is 1230. The fourth-order valence-corrected chi connectivity index (χ4v) is 5.67. The highest BCUT2D eigenvalue weighted by molar-refractivity contribution is 6.02. The molecule has 35 heavy (non-hydrogen) atoms. The molecule has 0 radical (unpaired) electrons. The van der Waals surface area contributed by atoms with Crippen LogP contribution in [0.4, 0.5) is 0 Å². The zero-order valence-corrected chi connectivity index (χ0v) is 21.0. The lowest BCUT2D eigenvalue weighted by Gasteiger charge is -2.45. The molecule has 0 saturated heterocycles. The first kappa shape index (κ1) is 23.5. The Kier molecular flexibility index (Phi) is 6.11. The largest absolute Gasteiger partial charge is 0.494 e. The van der Waals surface area contributed by atoms with Crippen LogP contribution in [-0.2, 0) is 17.9 Å². The molecule has 1 aliphatic heterocycles. The van der Waals surface area contributed by atoms with Gasteiger partial charge in [-0.05, 0) is 49.8 Å². The second-order valence-corrected chi connectivity index (χ2v) is 10.4. The number of hydrogen-bond donors (Lipinski definition) is 1. The van der Waals surface area contributed by atoms with E-state index in [0.29, 0.717) is 42.8 Å². The SMILES string of the molecule is CCOc1ccc(CN2C(=O)c3cc4occc4n3C[C@]2(C)C(=O)N[C@@H]2CCC[C@H](C)[C@H]2C)cc1. The fraction of sp³-hybridized carbons (Fsp3) is 0.500. The number of carbonyl (C=O) groups excluding carboxylic acids is 2. The number of nitrogens with zero attached hydrogens (tertiary/aromatic N) is 2. The van der Waals surface area contributed by atoms with Gasteiger partial charge in [-0.2, -0.15) is 0 Å². The minimum atomic E-state index is -1.05. The first-order chi connectivity index (χ1) is 16.8. The van der Waals surface area contributed by atoms with E-state index < -0.39 is 5.54 Å². The van der Waals surface area contributed by atoms with E-state index in [1.54, 1.807) is 17.2 Å². The Balaban J connectivity index is 1.49. The number of nitrogens with one attached hydrogen (secondary N) is 1. The number of rotatable bonds is 6. The molecular weight excluding hydrogens is 442 g/mol. The van der Waals surface area contributed by atoms with E-state index in [4.69, 9.17) is 9.15 Å². The lowest BCUT2D eigenvalue weighted by Crippen LogP contribution is -2.65. The van der Waals surface area contributed by atoms with Crippen molar-refractivity contribution >= 4 is 22.9 Å². The van der Waals surface area contributed by atoms with Gasteiger partial charge < -0.3 is 23.9 Å². The zero-order chi connectivity index (χ0) is 24.7. The Morgan fingerprint density at radius 3 is 2.71 bits per heavy atom. The molecule has 1 aliphatic carbocycles. The minimum absolute atomic E-state index is 0.0984. The maximum absolute atomic E-state index is 14.0. The van der Waals surface area contributed by atoms with Gasteiger partial charge in [0.25, 0.3) is 5.91 Å². The van der Waals surface area contributed by atoms with E-state index in [1.165, 1.54) is 6.42 Å². The number of carbonyl (C=O) groups is 2. The second kappa shape index (κ2) is 9.10. The maximum Gasteiger partial charge on any atom is 0.271 e. The Morgan fingerprint density at radius 2 is 1.97 bits per heavy atom. The third-order valence-electron chi connectivity index (χ3n) is 8.14. The quantitative estimate of drug-likeness (QED) is 0.543. The zero-order valence-electron chi connectivity index (χ0n) is 21.0. The van der Waals surface area contributed by atoms with Gasteiger partial charge in [-0.15, -0.1) is 0 Å². The molecule has 2 aromatic heterocycles. The van der Waals surface area contributed by atoms with Crippen LogP contribution >= 0.6 is 0 Å². The van der Waals surface area contributed by atoms with Crippen molar-refractivity contribution in [2.45, 2.75) is 71.6 Å². The summed E-state index contributed by atoms with van der Waals surface area (Å²) in [6, 6.07) is 11.5. The smallest absolute Gasteiger partial charge is 0.271 e. The van der Waals surface area contributed by atoms with Crippen LogP contribution in [0, 0.1) is 11.8 Å². The summed E-state index contributed by atoms with van der Waals surface area (Å²) < 4.78 is 13.1. The molecule has 4 atom stereocenters. The molecule has 1 N–H and O–H groups in total. The Labute approximate surface area is 206 Å². The number of benzene rings is 1. The monoisotopic (exact) mass is 477 g/mol. The van der Waals surface area contributed by atoms with Crippen LogP contribution in [0.5, 0.6) is 5.75 Å². The number of aromatic nitrogens is 1. The van der Waals surface area contributed by atoms with Crippen LogP contribution in [0.25, 0.3) is 11.1 Å². The third kappa shape index (κ3) is 4.11. The minimum Gasteiger partial charge on any atom is -0.494 e. The predicted octanol–water partition coefficient (Wildman–Crippen LogP) is 4.99. The summed E-state index contributed by atoms with van der Waals surface area (Å²) in [6.45, 7) is 9.62. The van der Waals surface area contributed by atoms with Crippen molar-refractivity contribution in [3.63, 3.8) is 0 Å². The van der Waals surface area contributed by atoms with Crippen molar-refractivity contribution in [3.05, 3.63) is 53.9 Å². The van der Waals surface area contributed by atoms with Gasteiger partial charge in [-0.3, -0.25) is 9.59 Å². The van der Waals surface area contributed by atoms with Gasteiger partial charge >= 0.3 is 0 Å². The van der Waals surface area contributed by atoms with Crippen LogP contribution in [0.15, 0.2) is 47.1 Å². The molecular formula is C28H35N3O4. The first-order valence-corrected chi connectivity index (χ1v) is 12.7. The van der Waals surface area contributed by atoms with Gasteiger partial charge in [0.2, 0.25) is 5.91 Å². The van der Waals surface area contributed by atoms with Crippen molar-refractivity contribution in [2.24, 2.45) is 11.8 Å². The van der Waals surface area contributed by atoms with Crippen LogP contribution < -0.4 is 10.1 Å². The molecule has 7 heteroatoms. The molecule has 1 fully saturated rings. The highest BCUT2D eigenvalue weighted by Crippen LogP contribution is 2.35. The number of amides is 2. The third-order valence-corrected chi connectivity index (χ3v) is 8.14. The lowest BCUT2D eigenvalue weighted by molar-refractivity contribution is -0.134. The van der Waals surface area contributed by atoms with Crippen molar-refractivity contribution in [1.82, 2.24) is 14.8 Å². The summed E-state index contributed by atoms with van der Waals surface area (Å²) in [6.07, 6.45) is 4.90. The highest BCUT2D eigenvalue weighted by Gasteiger charge is 2.48. The fourth-order valence-electron chi connectivity index (χ4n) is 5.67. The van der Waals surface area contributed by atoms with Gasteiger partial charge in [0.15, 0.2) is 5.58 Å². The van der Waals surface area contributed by atoms with Gasteiger partial charge in [0, 0.05) is 24.7 Å². The average molecular weight is 478 g/mol. The summed E-state index contributed by atoms with van der Waals surface area (Å²) in [5.41, 5.74) is 1.95. The summed E-state index contributed by atoms with van der Waals surface area (Å²) in [5, 5.41) is 3.35. The Morgan fingerprint density at radius 1 is 1.20 bits per heavy atom. The molecule has 5 rings (SSSR count). The van der Waals surface area contributed by atoms with Crippen molar-refractivity contribution in [1.29, 1.82) is 0 Å². The molecule has 186 valence electrons. The second-order valence-electron chi connectivity index (χ2n) is 10.4. The lowest BCUT2D eigenvalue weighted by atomic mass is 9.77. The molecule has 0 unspecified atom stereocenters. The average Bonchev–Trinajstić information content (AvgIpc) is 3.43. The molecule has 3 aromatic rings. The summed E-state index contributed by atoms with van der Waals surface area (Å²) in [4.78, 5) is 29.5. The summed E-state index contributed by atoms with van der Waals surface area (Å²) in [5.74, 6) is 1.49. The van der Waals surface area contributed by atoms with Crippen LogP contribution in [0.2, 0.25) is 0 Å². The number of ether oxygens (including phenoxy) is 1. The van der Waals surface area contributed by atoms with Gasteiger partial charge in [0.05, 0.1) is 24.9 Å². The standard InChI is InChI=1S/C28H35N3O4/c1-5-34-21-11-9-20(10-12-21)16-31-26(32)24-15-25-23(13-14-35-25)30(24)17-28(31,4)27(33)29-22-8-6-7-18(2)19(22)3/h9-15,18-19,22H,5-8,16-17H2,1-4H3,(H,29,33)/t18-,19+,22+,28+/m0/s1. The highest BCUT2D eigenvalue weighted by atomic mass is 16.5. The number of fused-ring (bicyclic) bond motifs is 3. The van der Waals surface area contributed by atoms with Crippen LogP contribution in [0.1, 0.15) is 63.0 Å². The molecule has 0 spiro atoms. The summed E-state index contributed by atoms with van der Waals surface area (Å²) in [7, 11) is 0. The van der Waals surface area contributed by atoms with Gasteiger partial charge in [-0.25, -0.2) is 0 Å². The van der Waals surface area contributed by atoms with E-state index in [-0.39, 0.29) is 17.9 Å².